The highest BCUT2D eigenvalue weighted by Crippen LogP contribution is 2.34. The van der Waals surface area contributed by atoms with E-state index in [1.807, 2.05) is 0 Å². The molecule has 0 N–H and O–H groups in total. The Morgan fingerprint density at radius 1 is 1.14 bits per heavy atom. The molecule has 1 saturated heterocycles. The van der Waals surface area contributed by atoms with Crippen molar-refractivity contribution in [1.29, 1.82) is 0 Å². The quantitative estimate of drug-likeness (QED) is 0.541. The SMILES string of the molecule is C[N+]1(C)CCCC[C@H]2C(=O)CCC[C@H]21. The highest BCUT2D eigenvalue weighted by molar-refractivity contribution is 5.82. The summed E-state index contributed by atoms with van der Waals surface area (Å²) in [5.74, 6) is 0.940. The van der Waals surface area contributed by atoms with Gasteiger partial charge in [-0.1, -0.05) is 0 Å². The van der Waals surface area contributed by atoms with E-state index in [0.29, 0.717) is 17.7 Å². The predicted molar refractivity (Wildman–Crippen MR) is 57.0 cm³/mol. The van der Waals surface area contributed by atoms with Gasteiger partial charge in [-0.3, -0.25) is 4.79 Å². The Morgan fingerprint density at radius 2 is 1.93 bits per heavy atom. The number of quaternary nitrogens is 1. The number of hydrogen-bond donors (Lipinski definition) is 0. The normalized spacial score (nSPS) is 37.4. The fourth-order valence-electron chi connectivity index (χ4n) is 3.33. The molecule has 2 heteroatoms. The largest absolute Gasteiger partial charge is 0.325 e. The zero-order valence-electron chi connectivity index (χ0n) is 9.46. The fourth-order valence-corrected chi connectivity index (χ4v) is 3.33. The molecule has 1 aliphatic heterocycles. The number of Topliss-reactive ketones (excluding diaryl/α,β-unsaturated/α-hetero) is 1. The molecular weight excluding hydrogens is 174 g/mol. The van der Waals surface area contributed by atoms with Crippen LogP contribution in [0.5, 0.6) is 0 Å². The molecule has 0 amide bonds. The van der Waals surface area contributed by atoms with Gasteiger partial charge in [0.25, 0.3) is 0 Å². The Kier molecular flexibility index (Phi) is 2.65. The summed E-state index contributed by atoms with van der Waals surface area (Å²) in [5.41, 5.74) is 0. The van der Waals surface area contributed by atoms with Crippen molar-refractivity contribution in [3.05, 3.63) is 0 Å². The van der Waals surface area contributed by atoms with Gasteiger partial charge in [0, 0.05) is 12.8 Å². The number of carbonyl (C=O) groups is 1. The van der Waals surface area contributed by atoms with E-state index in [0.717, 1.165) is 23.7 Å². The Morgan fingerprint density at radius 3 is 2.71 bits per heavy atom. The summed E-state index contributed by atoms with van der Waals surface area (Å²) in [4.78, 5) is 11.9. The van der Waals surface area contributed by atoms with Crippen LogP contribution in [0, 0.1) is 5.92 Å². The standard InChI is InChI=1S/C12H22NO/c1-13(2)9-4-3-6-10-11(13)7-5-8-12(10)14/h10-11H,3-9H2,1-2H3/q+1/t10-,11-/m1/s1. The molecular formula is C12H22NO+. The van der Waals surface area contributed by atoms with Gasteiger partial charge >= 0.3 is 0 Å². The summed E-state index contributed by atoms with van der Waals surface area (Å²) in [6.45, 7) is 1.26. The van der Waals surface area contributed by atoms with Gasteiger partial charge in [-0.15, -0.1) is 0 Å². The van der Waals surface area contributed by atoms with Crippen LogP contribution in [0.15, 0.2) is 0 Å². The Labute approximate surface area is 86.9 Å². The van der Waals surface area contributed by atoms with Gasteiger partial charge in [0.1, 0.15) is 5.78 Å². The number of ketones is 1. The maximum atomic E-state index is 11.9. The molecule has 80 valence electrons. The number of hydrogen-bond acceptors (Lipinski definition) is 1. The third kappa shape index (κ3) is 1.72. The van der Waals surface area contributed by atoms with Gasteiger partial charge in [-0.2, -0.15) is 0 Å². The summed E-state index contributed by atoms with van der Waals surface area (Å²) in [6.07, 6.45) is 6.96. The first kappa shape index (κ1) is 10.2. The number of carbonyl (C=O) groups excluding carboxylic acids is 1. The van der Waals surface area contributed by atoms with Crippen LogP contribution in [0.1, 0.15) is 38.5 Å². The first-order chi connectivity index (χ1) is 6.61. The molecule has 0 aromatic carbocycles. The van der Waals surface area contributed by atoms with Crippen LogP contribution in [-0.2, 0) is 4.79 Å². The maximum absolute atomic E-state index is 11.9. The van der Waals surface area contributed by atoms with Crippen molar-refractivity contribution in [2.75, 3.05) is 20.6 Å². The van der Waals surface area contributed by atoms with Crippen molar-refractivity contribution in [3.8, 4) is 0 Å². The molecule has 0 aromatic rings. The number of nitrogens with zero attached hydrogens (tertiary/aromatic N) is 1. The van der Waals surface area contributed by atoms with Crippen LogP contribution >= 0.6 is 0 Å². The third-order valence-electron chi connectivity index (χ3n) is 4.20. The van der Waals surface area contributed by atoms with Crippen LogP contribution in [0.4, 0.5) is 0 Å². The van der Waals surface area contributed by atoms with Crippen molar-refractivity contribution >= 4 is 5.78 Å². The highest BCUT2D eigenvalue weighted by atomic mass is 16.1. The van der Waals surface area contributed by atoms with Crippen molar-refractivity contribution in [2.24, 2.45) is 5.92 Å². The van der Waals surface area contributed by atoms with E-state index in [2.05, 4.69) is 14.1 Å². The van der Waals surface area contributed by atoms with Gasteiger partial charge in [-0.05, 0) is 25.7 Å². The van der Waals surface area contributed by atoms with Gasteiger partial charge in [0.05, 0.1) is 32.6 Å². The van der Waals surface area contributed by atoms with Crippen LogP contribution in [0.3, 0.4) is 0 Å². The lowest BCUT2D eigenvalue weighted by Crippen LogP contribution is -2.54. The second-order valence-corrected chi connectivity index (χ2v) is 5.53. The summed E-state index contributed by atoms with van der Waals surface area (Å²) >= 11 is 0. The second kappa shape index (κ2) is 3.65. The molecule has 0 unspecified atom stereocenters. The number of rotatable bonds is 0. The van der Waals surface area contributed by atoms with E-state index in [1.165, 1.54) is 25.8 Å². The van der Waals surface area contributed by atoms with Crippen molar-refractivity contribution < 1.29 is 9.28 Å². The predicted octanol–water partition coefficient (Wildman–Crippen LogP) is 1.98. The molecule has 1 heterocycles. The van der Waals surface area contributed by atoms with Crippen LogP contribution in [0.2, 0.25) is 0 Å². The number of likely N-dealkylation sites (tertiary alicyclic amines) is 1. The summed E-state index contributed by atoms with van der Waals surface area (Å²) < 4.78 is 1.08. The average Bonchev–Trinajstić information content (AvgIpc) is 2.27. The lowest BCUT2D eigenvalue weighted by Gasteiger charge is -2.42. The van der Waals surface area contributed by atoms with E-state index in [9.17, 15) is 4.79 Å². The molecule has 1 aliphatic carbocycles. The van der Waals surface area contributed by atoms with E-state index < -0.39 is 0 Å². The maximum Gasteiger partial charge on any atom is 0.141 e. The van der Waals surface area contributed by atoms with Crippen molar-refractivity contribution in [1.82, 2.24) is 0 Å². The number of fused-ring (bicyclic) bond motifs is 1. The molecule has 14 heavy (non-hydrogen) atoms. The Bertz CT molecular complexity index is 234. The van der Waals surface area contributed by atoms with Crippen LogP contribution in [0.25, 0.3) is 0 Å². The lowest BCUT2D eigenvalue weighted by atomic mass is 9.80. The summed E-state index contributed by atoms with van der Waals surface area (Å²) in [5, 5.41) is 0. The van der Waals surface area contributed by atoms with Gasteiger partial charge in [0.15, 0.2) is 0 Å². The van der Waals surface area contributed by atoms with Crippen molar-refractivity contribution in [2.45, 2.75) is 44.6 Å². The monoisotopic (exact) mass is 196 g/mol. The van der Waals surface area contributed by atoms with E-state index >= 15 is 0 Å². The summed E-state index contributed by atoms with van der Waals surface area (Å²) in [7, 11) is 4.61. The first-order valence-electron chi connectivity index (χ1n) is 5.97. The van der Waals surface area contributed by atoms with Gasteiger partial charge in [-0.25, -0.2) is 0 Å². The molecule has 2 nitrogen and oxygen atoms in total. The lowest BCUT2D eigenvalue weighted by molar-refractivity contribution is -0.917. The molecule has 0 spiro atoms. The zero-order chi connectivity index (χ0) is 10.2. The van der Waals surface area contributed by atoms with Crippen molar-refractivity contribution in [3.63, 3.8) is 0 Å². The molecule has 0 bridgehead atoms. The molecule has 1 saturated carbocycles. The van der Waals surface area contributed by atoms with Gasteiger partial charge in [0.2, 0.25) is 0 Å². The minimum Gasteiger partial charge on any atom is -0.325 e. The molecule has 2 atom stereocenters. The first-order valence-corrected chi connectivity index (χ1v) is 5.97. The topological polar surface area (TPSA) is 17.1 Å². The molecule has 2 aliphatic rings. The minimum atomic E-state index is 0.390. The average molecular weight is 196 g/mol. The molecule has 0 radical (unpaired) electrons. The second-order valence-electron chi connectivity index (χ2n) is 5.53. The Balaban J connectivity index is 2.21. The smallest absolute Gasteiger partial charge is 0.141 e. The van der Waals surface area contributed by atoms with E-state index in [4.69, 9.17) is 0 Å². The van der Waals surface area contributed by atoms with Crippen LogP contribution in [-0.4, -0.2) is 36.9 Å². The zero-order valence-corrected chi connectivity index (χ0v) is 9.46. The van der Waals surface area contributed by atoms with E-state index in [1.54, 1.807) is 0 Å². The summed E-state index contributed by atoms with van der Waals surface area (Å²) in [6, 6.07) is 0.624. The van der Waals surface area contributed by atoms with Gasteiger partial charge < -0.3 is 4.48 Å². The third-order valence-corrected chi connectivity index (χ3v) is 4.20. The fraction of sp³-hybridized carbons (Fsp3) is 0.917. The molecule has 2 fully saturated rings. The Hall–Kier alpha value is -0.370. The minimum absolute atomic E-state index is 0.390. The van der Waals surface area contributed by atoms with E-state index in [-0.39, 0.29) is 0 Å². The highest BCUT2D eigenvalue weighted by Gasteiger charge is 2.42. The van der Waals surface area contributed by atoms with Crippen LogP contribution < -0.4 is 0 Å². The molecule has 0 aromatic heterocycles. The molecule has 2 rings (SSSR count).